The number of alkyl halides is 3. The summed E-state index contributed by atoms with van der Waals surface area (Å²) in [5.74, 6) is -1.13. The fraction of sp³-hybridized carbons (Fsp3) is 0.111. The summed E-state index contributed by atoms with van der Waals surface area (Å²) in [6, 6.07) is 4.74. The van der Waals surface area contributed by atoms with Gasteiger partial charge in [0.1, 0.15) is 0 Å². The molecule has 0 unspecified atom stereocenters. The molecule has 2 aromatic heterocycles. The highest BCUT2D eigenvalue weighted by Crippen LogP contribution is 2.27. The first-order valence-corrected chi connectivity index (χ1v) is 4.11. The molecular weight excluding hydrogens is 207 g/mol. The Morgan fingerprint density at radius 3 is 2.60 bits per heavy atom. The molecule has 0 spiro atoms. The lowest BCUT2D eigenvalue weighted by atomic mass is 10.3. The third-order valence-corrected chi connectivity index (χ3v) is 1.78. The Labute approximate surface area is 83.0 Å². The third-order valence-electron chi connectivity index (χ3n) is 1.78. The summed E-state index contributed by atoms with van der Waals surface area (Å²) in [5.41, 5.74) is 0.755. The van der Waals surface area contributed by atoms with Crippen molar-refractivity contribution in [2.75, 3.05) is 0 Å². The van der Waals surface area contributed by atoms with E-state index in [2.05, 4.69) is 15.0 Å². The van der Waals surface area contributed by atoms with E-state index in [-0.39, 0.29) is 5.69 Å². The fourth-order valence-corrected chi connectivity index (χ4v) is 1.13. The van der Waals surface area contributed by atoms with Gasteiger partial charge in [-0.15, -0.1) is 0 Å². The maximum atomic E-state index is 12.3. The van der Waals surface area contributed by atoms with Crippen molar-refractivity contribution in [1.29, 1.82) is 0 Å². The van der Waals surface area contributed by atoms with Crippen LogP contribution in [0, 0.1) is 0 Å². The van der Waals surface area contributed by atoms with Crippen LogP contribution in [0.5, 0.6) is 0 Å². The van der Waals surface area contributed by atoms with Gasteiger partial charge in [-0.1, -0.05) is 0 Å². The van der Waals surface area contributed by atoms with Crippen LogP contribution in [0.3, 0.4) is 0 Å². The van der Waals surface area contributed by atoms with Crippen LogP contribution in [-0.2, 0) is 6.18 Å². The van der Waals surface area contributed by atoms with Crippen LogP contribution in [-0.4, -0.2) is 15.0 Å². The lowest BCUT2D eigenvalue weighted by Crippen LogP contribution is -2.10. The maximum absolute atomic E-state index is 12.3. The van der Waals surface area contributed by atoms with Crippen LogP contribution in [0.4, 0.5) is 13.2 Å². The molecule has 15 heavy (non-hydrogen) atoms. The molecule has 0 saturated heterocycles. The molecule has 0 aromatic carbocycles. The van der Waals surface area contributed by atoms with Gasteiger partial charge in [-0.25, -0.2) is 9.97 Å². The van der Waals surface area contributed by atoms with Gasteiger partial charge in [0, 0.05) is 12.4 Å². The van der Waals surface area contributed by atoms with Gasteiger partial charge in [0.05, 0.1) is 11.4 Å². The number of nitrogens with one attached hydrogen (secondary N) is 1. The van der Waals surface area contributed by atoms with Gasteiger partial charge in [0.15, 0.2) is 0 Å². The number of aromatic nitrogens is 3. The Morgan fingerprint density at radius 2 is 2.00 bits per heavy atom. The molecule has 6 heteroatoms. The number of hydrogen-bond acceptors (Lipinski definition) is 2. The van der Waals surface area contributed by atoms with Crippen molar-refractivity contribution in [3.8, 4) is 11.4 Å². The van der Waals surface area contributed by atoms with Crippen molar-refractivity contribution in [1.82, 2.24) is 15.0 Å². The average molecular weight is 213 g/mol. The summed E-state index contributed by atoms with van der Waals surface area (Å²) in [7, 11) is 0. The molecule has 0 amide bonds. The Balaban J connectivity index is 2.44. The molecule has 0 saturated carbocycles. The lowest BCUT2D eigenvalue weighted by Gasteiger charge is -2.05. The molecule has 2 aromatic rings. The first-order chi connectivity index (χ1) is 7.07. The molecule has 2 rings (SSSR count). The van der Waals surface area contributed by atoms with Gasteiger partial charge < -0.3 is 4.98 Å². The van der Waals surface area contributed by atoms with Crippen molar-refractivity contribution in [3.05, 3.63) is 36.4 Å². The van der Waals surface area contributed by atoms with Gasteiger partial charge in [0.25, 0.3) is 0 Å². The fourth-order valence-electron chi connectivity index (χ4n) is 1.13. The predicted molar refractivity (Wildman–Crippen MR) is 46.8 cm³/mol. The van der Waals surface area contributed by atoms with E-state index in [9.17, 15) is 13.2 Å². The average Bonchev–Trinajstić information content (AvgIpc) is 2.69. The van der Waals surface area contributed by atoms with Crippen LogP contribution < -0.4 is 0 Å². The molecule has 0 bridgehead atoms. The number of H-pyrrole nitrogens is 1. The molecule has 0 radical (unpaired) electrons. The van der Waals surface area contributed by atoms with E-state index in [1.165, 1.54) is 6.07 Å². The second kappa shape index (κ2) is 3.38. The molecular formula is C9H6F3N3. The Hall–Kier alpha value is -1.85. The summed E-state index contributed by atoms with van der Waals surface area (Å²) in [4.78, 5) is 9.36. The van der Waals surface area contributed by atoms with Crippen molar-refractivity contribution in [2.24, 2.45) is 0 Å². The summed E-state index contributed by atoms with van der Waals surface area (Å²) >= 11 is 0. The van der Waals surface area contributed by atoms with E-state index < -0.39 is 12.0 Å². The molecule has 0 aliphatic carbocycles. The molecule has 0 aliphatic rings. The number of nitrogens with zero attached hydrogens (tertiary/aromatic N) is 2. The normalized spacial score (nSPS) is 11.7. The number of hydrogen-bond donors (Lipinski definition) is 1. The Bertz CT molecular complexity index is 448. The topological polar surface area (TPSA) is 41.6 Å². The Kier molecular flexibility index (Phi) is 2.18. The largest absolute Gasteiger partial charge is 0.451 e. The number of rotatable bonds is 1. The SMILES string of the molecule is FC(F)(F)c1nccc(-c2ccc[nH]2)n1. The highest BCUT2D eigenvalue weighted by atomic mass is 19.4. The zero-order valence-electron chi connectivity index (χ0n) is 7.42. The van der Waals surface area contributed by atoms with Gasteiger partial charge in [0.2, 0.25) is 5.82 Å². The molecule has 0 atom stereocenters. The van der Waals surface area contributed by atoms with Crippen LogP contribution in [0.15, 0.2) is 30.6 Å². The first-order valence-electron chi connectivity index (χ1n) is 4.11. The van der Waals surface area contributed by atoms with Crippen LogP contribution in [0.2, 0.25) is 0 Å². The monoisotopic (exact) mass is 213 g/mol. The van der Waals surface area contributed by atoms with Crippen molar-refractivity contribution >= 4 is 0 Å². The molecule has 2 heterocycles. The van der Waals surface area contributed by atoms with Crippen molar-refractivity contribution in [2.45, 2.75) is 6.18 Å². The minimum absolute atomic E-state index is 0.224. The zero-order chi connectivity index (χ0) is 10.9. The minimum atomic E-state index is -4.51. The first kappa shape index (κ1) is 9.70. The quantitative estimate of drug-likeness (QED) is 0.790. The van der Waals surface area contributed by atoms with E-state index in [0.717, 1.165) is 6.20 Å². The lowest BCUT2D eigenvalue weighted by molar-refractivity contribution is -0.144. The highest BCUT2D eigenvalue weighted by molar-refractivity contribution is 5.53. The van der Waals surface area contributed by atoms with Crippen LogP contribution in [0.1, 0.15) is 5.82 Å². The number of halogens is 3. The van der Waals surface area contributed by atoms with Crippen LogP contribution >= 0.6 is 0 Å². The van der Waals surface area contributed by atoms with E-state index in [1.807, 2.05) is 0 Å². The zero-order valence-corrected chi connectivity index (χ0v) is 7.42. The van der Waals surface area contributed by atoms with E-state index in [1.54, 1.807) is 18.3 Å². The summed E-state index contributed by atoms with van der Waals surface area (Å²) in [6.07, 6.45) is -1.81. The second-order valence-electron chi connectivity index (χ2n) is 2.85. The maximum Gasteiger partial charge on any atom is 0.451 e. The summed E-state index contributed by atoms with van der Waals surface area (Å²) < 4.78 is 36.8. The highest BCUT2D eigenvalue weighted by Gasteiger charge is 2.34. The van der Waals surface area contributed by atoms with E-state index in [4.69, 9.17) is 0 Å². The standard InChI is InChI=1S/C9H6F3N3/c10-9(11,12)8-14-5-3-7(15-8)6-2-1-4-13-6/h1-5,13H. The third kappa shape index (κ3) is 1.98. The molecule has 0 fully saturated rings. The van der Waals surface area contributed by atoms with Crippen molar-refractivity contribution in [3.63, 3.8) is 0 Å². The smallest absolute Gasteiger partial charge is 0.360 e. The second-order valence-corrected chi connectivity index (χ2v) is 2.85. The van der Waals surface area contributed by atoms with Gasteiger partial charge >= 0.3 is 6.18 Å². The summed E-state index contributed by atoms with van der Waals surface area (Å²) in [6.45, 7) is 0. The van der Waals surface area contributed by atoms with E-state index in [0.29, 0.717) is 5.69 Å². The molecule has 78 valence electrons. The Morgan fingerprint density at radius 1 is 1.20 bits per heavy atom. The van der Waals surface area contributed by atoms with Gasteiger partial charge in [-0.05, 0) is 18.2 Å². The number of aromatic amines is 1. The van der Waals surface area contributed by atoms with Crippen molar-refractivity contribution < 1.29 is 13.2 Å². The van der Waals surface area contributed by atoms with Gasteiger partial charge in [-0.3, -0.25) is 0 Å². The van der Waals surface area contributed by atoms with Gasteiger partial charge in [-0.2, -0.15) is 13.2 Å². The minimum Gasteiger partial charge on any atom is -0.360 e. The molecule has 3 nitrogen and oxygen atoms in total. The van der Waals surface area contributed by atoms with E-state index >= 15 is 0 Å². The van der Waals surface area contributed by atoms with Crippen LogP contribution in [0.25, 0.3) is 11.4 Å². The molecule has 1 N–H and O–H groups in total. The molecule has 0 aliphatic heterocycles. The predicted octanol–water partition coefficient (Wildman–Crippen LogP) is 2.49. The summed E-state index contributed by atoms with van der Waals surface area (Å²) in [5, 5.41) is 0.